The second-order valence-corrected chi connectivity index (χ2v) is 5.31. The van der Waals surface area contributed by atoms with Crippen molar-refractivity contribution in [2.24, 2.45) is 5.92 Å². The summed E-state index contributed by atoms with van der Waals surface area (Å²) in [5, 5.41) is 6.73. The second-order valence-electron chi connectivity index (χ2n) is 4.33. The van der Waals surface area contributed by atoms with Gasteiger partial charge in [0.1, 0.15) is 5.01 Å². The average Bonchev–Trinajstić information content (AvgIpc) is 2.71. The average molecular weight is 225 g/mol. The molecule has 2 rings (SSSR count). The lowest BCUT2D eigenvalue weighted by Gasteiger charge is -2.27. The van der Waals surface area contributed by atoms with Crippen molar-refractivity contribution < 1.29 is 0 Å². The van der Waals surface area contributed by atoms with Crippen LogP contribution in [0.15, 0.2) is 11.6 Å². The van der Waals surface area contributed by atoms with Gasteiger partial charge in [-0.25, -0.2) is 4.98 Å². The Morgan fingerprint density at radius 1 is 1.67 bits per heavy atom. The van der Waals surface area contributed by atoms with Crippen LogP contribution in [0.2, 0.25) is 0 Å². The van der Waals surface area contributed by atoms with E-state index < -0.39 is 0 Å². The van der Waals surface area contributed by atoms with Crippen molar-refractivity contribution in [1.82, 2.24) is 15.2 Å². The summed E-state index contributed by atoms with van der Waals surface area (Å²) in [4.78, 5) is 6.70. The molecule has 0 aliphatic carbocycles. The van der Waals surface area contributed by atoms with Gasteiger partial charge in [0, 0.05) is 18.1 Å². The van der Waals surface area contributed by atoms with Crippen LogP contribution in [0.25, 0.3) is 0 Å². The van der Waals surface area contributed by atoms with E-state index in [-0.39, 0.29) is 0 Å². The fraction of sp³-hybridized carbons (Fsp3) is 0.727. The molecule has 0 spiro atoms. The van der Waals surface area contributed by atoms with Gasteiger partial charge in [0.2, 0.25) is 0 Å². The zero-order valence-corrected chi connectivity index (χ0v) is 10.1. The number of rotatable bonds is 4. The molecule has 0 bridgehead atoms. The van der Waals surface area contributed by atoms with E-state index in [0.717, 1.165) is 12.5 Å². The van der Waals surface area contributed by atoms with Gasteiger partial charge in [-0.3, -0.25) is 4.90 Å². The van der Waals surface area contributed by atoms with E-state index in [4.69, 9.17) is 0 Å². The van der Waals surface area contributed by atoms with Crippen LogP contribution in [-0.4, -0.2) is 36.6 Å². The van der Waals surface area contributed by atoms with E-state index in [1.165, 1.54) is 37.5 Å². The van der Waals surface area contributed by atoms with Crippen LogP contribution in [-0.2, 0) is 6.54 Å². The summed E-state index contributed by atoms with van der Waals surface area (Å²) in [5.41, 5.74) is 0. The molecule has 4 heteroatoms. The Labute approximate surface area is 95.5 Å². The van der Waals surface area contributed by atoms with Crippen LogP contribution in [0.1, 0.15) is 17.8 Å². The zero-order chi connectivity index (χ0) is 10.5. The van der Waals surface area contributed by atoms with E-state index in [1.807, 2.05) is 11.6 Å². The first-order valence-corrected chi connectivity index (χ1v) is 6.50. The Hall–Kier alpha value is -0.450. The van der Waals surface area contributed by atoms with E-state index in [0.29, 0.717) is 0 Å². The topological polar surface area (TPSA) is 28.2 Å². The van der Waals surface area contributed by atoms with Crippen molar-refractivity contribution in [3.8, 4) is 0 Å². The highest BCUT2D eigenvalue weighted by atomic mass is 32.1. The van der Waals surface area contributed by atoms with Gasteiger partial charge in [0.15, 0.2) is 0 Å². The summed E-state index contributed by atoms with van der Waals surface area (Å²) in [6, 6.07) is 0. The highest BCUT2D eigenvalue weighted by molar-refractivity contribution is 7.09. The van der Waals surface area contributed by atoms with Gasteiger partial charge in [-0.2, -0.15) is 0 Å². The Bertz CT molecular complexity index is 267. The van der Waals surface area contributed by atoms with E-state index in [2.05, 4.69) is 22.2 Å². The molecule has 3 nitrogen and oxygen atoms in total. The maximum Gasteiger partial charge on any atom is 0.107 e. The summed E-state index contributed by atoms with van der Waals surface area (Å²) >= 11 is 1.74. The van der Waals surface area contributed by atoms with Gasteiger partial charge in [-0.1, -0.05) is 0 Å². The fourth-order valence-electron chi connectivity index (χ4n) is 2.15. The summed E-state index contributed by atoms with van der Waals surface area (Å²) in [6.45, 7) is 4.57. The molecule has 0 radical (unpaired) electrons. The van der Waals surface area contributed by atoms with Crippen molar-refractivity contribution in [2.45, 2.75) is 19.4 Å². The SMILES string of the molecule is CN(Cc1nccs1)CC1CCCNC1. The monoisotopic (exact) mass is 225 g/mol. The number of nitrogens with one attached hydrogen (secondary N) is 1. The third kappa shape index (κ3) is 3.55. The Morgan fingerprint density at radius 3 is 3.27 bits per heavy atom. The lowest BCUT2D eigenvalue weighted by atomic mass is 9.99. The molecule has 0 amide bonds. The molecule has 0 saturated carbocycles. The van der Waals surface area contributed by atoms with Gasteiger partial charge in [0.05, 0.1) is 6.54 Å². The van der Waals surface area contributed by atoms with Crippen LogP contribution in [0, 0.1) is 5.92 Å². The molecule has 1 saturated heterocycles. The number of piperidine rings is 1. The van der Waals surface area contributed by atoms with Gasteiger partial charge in [0.25, 0.3) is 0 Å². The molecular weight excluding hydrogens is 206 g/mol. The predicted octanol–water partition coefficient (Wildman–Crippen LogP) is 1.57. The molecule has 1 atom stereocenters. The minimum Gasteiger partial charge on any atom is -0.316 e. The molecule has 1 fully saturated rings. The molecule has 1 N–H and O–H groups in total. The van der Waals surface area contributed by atoms with Crippen LogP contribution >= 0.6 is 11.3 Å². The smallest absolute Gasteiger partial charge is 0.107 e. The van der Waals surface area contributed by atoms with E-state index >= 15 is 0 Å². The lowest BCUT2D eigenvalue weighted by molar-refractivity contribution is 0.237. The van der Waals surface area contributed by atoms with Gasteiger partial charge < -0.3 is 5.32 Å². The first kappa shape index (κ1) is 11.0. The molecule has 0 aromatic carbocycles. The summed E-state index contributed by atoms with van der Waals surface area (Å²) in [6.07, 6.45) is 4.58. The van der Waals surface area contributed by atoms with Crippen LogP contribution in [0.5, 0.6) is 0 Å². The molecule has 15 heavy (non-hydrogen) atoms. The minimum atomic E-state index is 0.823. The van der Waals surface area contributed by atoms with Crippen LogP contribution in [0.4, 0.5) is 0 Å². The highest BCUT2D eigenvalue weighted by Crippen LogP contribution is 2.13. The normalized spacial score (nSPS) is 22.1. The molecule has 2 heterocycles. The van der Waals surface area contributed by atoms with E-state index in [9.17, 15) is 0 Å². The Kier molecular flexibility index (Phi) is 4.11. The lowest BCUT2D eigenvalue weighted by Crippen LogP contribution is -2.36. The molecule has 1 unspecified atom stereocenters. The zero-order valence-electron chi connectivity index (χ0n) is 9.28. The molecule has 1 aliphatic rings. The van der Waals surface area contributed by atoms with Crippen molar-refractivity contribution in [3.63, 3.8) is 0 Å². The third-order valence-corrected chi connectivity index (χ3v) is 3.62. The highest BCUT2D eigenvalue weighted by Gasteiger charge is 2.15. The third-order valence-electron chi connectivity index (χ3n) is 2.86. The van der Waals surface area contributed by atoms with Crippen LogP contribution < -0.4 is 5.32 Å². The summed E-state index contributed by atoms with van der Waals surface area (Å²) < 4.78 is 0. The molecule has 1 aromatic heterocycles. The number of aromatic nitrogens is 1. The second kappa shape index (κ2) is 5.58. The first-order chi connectivity index (χ1) is 7.34. The summed E-state index contributed by atoms with van der Waals surface area (Å²) in [7, 11) is 2.19. The Balaban J connectivity index is 1.74. The molecule has 1 aliphatic heterocycles. The number of thiazole rings is 1. The first-order valence-electron chi connectivity index (χ1n) is 5.62. The maximum absolute atomic E-state index is 4.31. The molecular formula is C11H19N3S. The molecule has 84 valence electrons. The number of nitrogens with zero attached hydrogens (tertiary/aromatic N) is 2. The van der Waals surface area contributed by atoms with Gasteiger partial charge in [-0.05, 0) is 38.9 Å². The van der Waals surface area contributed by atoms with E-state index in [1.54, 1.807) is 11.3 Å². The van der Waals surface area contributed by atoms with Crippen molar-refractivity contribution in [3.05, 3.63) is 16.6 Å². The minimum absolute atomic E-state index is 0.823. The molecule has 1 aromatic rings. The van der Waals surface area contributed by atoms with Crippen molar-refractivity contribution in [2.75, 3.05) is 26.7 Å². The van der Waals surface area contributed by atoms with Crippen molar-refractivity contribution in [1.29, 1.82) is 0 Å². The quantitative estimate of drug-likeness (QED) is 0.843. The largest absolute Gasteiger partial charge is 0.316 e. The van der Waals surface area contributed by atoms with Gasteiger partial charge in [-0.15, -0.1) is 11.3 Å². The van der Waals surface area contributed by atoms with Crippen LogP contribution in [0.3, 0.4) is 0 Å². The Morgan fingerprint density at radius 2 is 2.60 bits per heavy atom. The fourth-order valence-corrected chi connectivity index (χ4v) is 2.84. The number of hydrogen-bond acceptors (Lipinski definition) is 4. The standard InChI is InChI=1S/C11H19N3S/c1-14(9-11-13-5-6-15-11)8-10-3-2-4-12-7-10/h5-6,10,12H,2-4,7-9H2,1H3. The summed E-state index contributed by atoms with van der Waals surface area (Å²) in [5.74, 6) is 0.823. The predicted molar refractivity (Wildman–Crippen MR) is 64.0 cm³/mol. The number of hydrogen-bond donors (Lipinski definition) is 1. The van der Waals surface area contributed by atoms with Gasteiger partial charge >= 0.3 is 0 Å². The van der Waals surface area contributed by atoms with Crippen molar-refractivity contribution >= 4 is 11.3 Å². The maximum atomic E-state index is 4.31.